The molecule has 1 rings (SSSR count). The van der Waals surface area contributed by atoms with E-state index in [-0.39, 0.29) is 0 Å². The molecule has 2 heteroatoms. The highest BCUT2D eigenvalue weighted by Crippen LogP contribution is 1.95. The molecule has 0 aliphatic heterocycles. The minimum atomic E-state index is 1.16. The molecule has 0 amide bonds. The normalized spacial score (nSPS) is 9.89. The molecule has 1 aromatic rings. The number of nitrogens with zero attached hydrogens (tertiary/aromatic N) is 1. The fourth-order valence-electron chi connectivity index (χ4n) is 0.762. The molecular formula is C7H10IN. The summed E-state index contributed by atoms with van der Waals surface area (Å²) < 4.78 is 3.45. The second kappa shape index (κ2) is 3.93. The van der Waals surface area contributed by atoms with Gasteiger partial charge in [-0.3, -0.25) is 0 Å². The number of aryl methyl sites for hydroxylation is 1. The third-order valence-electron chi connectivity index (χ3n) is 1.22. The summed E-state index contributed by atoms with van der Waals surface area (Å²) in [5.74, 6) is 0. The van der Waals surface area contributed by atoms with Crippen LogP contribution in [0.3, 0.4) is 0 Å². The van der Waals surface area contributed by atoms with Crippen LogP contribution in [0.25, 0.3) is 0 Å². The lowest BCUT2D eigenvalue weighted by Crippen LogP contribution is -1.93. The minimum Gasteiger partial charge on any atom is -0.354 e. The van der Waals surface area contributed by atoms with Crippen molar-refractivity contribution < 1.29 is 0 Å². The van der Waals surface area contributed by atoms with Crippen molar-refractivity contribution in [2.75, 3.05) is 4.43 Å². The SMILES string of the molecule is ICCCn1cccc1. The molecule has 0 fully saturated rings. The molecule has 0 atom stereocenters. The van der Waals surface area contributed by atoms with E-state index < -0.39 is 0 Å². The van der Waals surface area contributed by atoms with E-state index in [0.29, 0.717) is 0 Å². The number of halogens is 1. The average Bonchev–Trinajstić information content (AvgIpc) is 2.34. The summed E-state index contributed by atoms with van der Waals surface area (Å²) in [6.45, 7) is 1.16. The first-order valence-electron chi connectivity index (χ1n) is 3.10. The van der Waals surface area contributed by atoms with E-state index in [1.54, 1.807) is 0 Å². The Balaban J connectivity index is 2.30. The van der Waals surface area contributed by atoms with Gasteiger partial charge in [0.2, 0.25) is 0 Å². The van der Waals surface area contributed by atoms with Crippen LogP contribution in [-0.2, 0) is 6.54 Å². The smallest absolute Gasteiger partial charge is 0.0226 e. The van der Waals surface area contributed by atoms with Gasteiger partial charge in [-0.25, -0.2) is 0 Å². The highest BCUT2D eigenvalue weighted by molar-refractivity contribution is 14.1. The zero-order chi connectivity index (χ0) is 6.53. The molecule has 0 saturated carbocycles. The van der Waals surface area contributed by atoms with Gasteiger partial charge in [0.05, 0.1) is 0 Å². The van der Waals surface area contributed by atoms with Gasteiger partial charge in [0.1, 0.15) is 0 Å². The molecule has 1 nitrogen and oxygen atoms in total. The van der Waals surface area contributed by atoms with Crippen LogP contribution in [0, 0.1) is 0 Å². The molecule has 0 bridgehead atoms. The van der Waals surface area contributed by atoms with Gasteiger partial charge in [0, 0.05) is 23.4 Å². The molecule has 1 heterocycles. The molecule has 0 aliphatic rings. The van der Waals surface area contributed by atoms with E-state index >= 15 is 0 Å². The van der Waals surface area contributed by atoms with Gasteiger partial charge in [-0.1, -0.05) is 22.6 Å². The molecule has 0 aliphatic carbocycles. The maximum Gasteiger partial charge on any atom is 0.0226 e. The van der Waals surface area contributed by atoms with Crippen molar-refractivity contribution in [3.63, 3.8) is 0 Å². The maximum atomic E-state index is 2.40. The van der Waals surface area contributed by atoms with Crippen molar-refractivity contribution >= 4 is 22.6 Å². The zero-order valence-electron chi connectivity index (χ0n) is 5.26. The Kier molecular flexibility index (Phi) is 3.11. The van der Waals surface area contributed by atoms with Gasteiger partial charge in [0.15, 0.2) is 0 Å². The van der Waals surface area contributed by atoms with E-state index in [0.717, 1.165) is 6.54 Å². The summed E-state index contributed by atoms with van der Waals surface area (Å²) in [4.78, 5) is 0. The average molecular weight is 235 g/mol. The summed E-state index contributed by atoms with van der Waals surface area (Å²) >= 11 is 2.40. The maximum absolute atomic E-state index is 2.40. The number of hydrogen-bond acceptors (Lipinski definition) is 0. The molecule has 0 saturated heterocycles. The lowest BCUT2D eigenvalue weighted by atomic mass is 10.5. The Hall–Kier alpha value is 0.0100. The summed E-state index contributed by atoms with van der Waals surface area (Å²) in [7, 11) is 0. The first-order chi connectivity index (χ1) is 4.43. The van der Waals surface area contributed by atoms with Crippen LogP contribution < -0.4 is 0 Å². The van der Waals surface area contributed by atoms with Crippen LogP contribution in [0.5, 0.6) is 0 Å². The van der Waals surface area contributed by atoms with Gasteiger partial charge >= 0.3 is 0 Å². The molecule has 1 aromatic heterocycles. The monoisotopic (exact) mass is 235 g/mol. The summed E-state index contributed by atoms with van der Waals surface area (Å²) in [6.07, 6.45) is 5.48. The van der Waals surface area contributed by atoms with Crippen molar-refractivity contribution in [2.24, 2.45) is 0 Å². The minimum absolute atomic E-state index is 1.16. The Bertz CT molecular complexity index is 146. The van der Waals surface area contributed by atoms with Crippen LogP contribution in [0.2, 0.25) is 0 Å². The summed E-state index contributed by atoms with van der Waals surface area (Å²) in [5.41, 5.74) is 0. The first kappa shape index (κ1) is 7.12. The molecule has 0 aromatic carbocycles. The standard InChI is InChI=1S/C7H10IN/c8-4-3-7-9-5-1-2-6-9/h1-2,5-6H,3-4,7H2. The quantitative estimate of drug-likeness (QED) is 0.559. The second-order valence-corrected chi connectivity index (χ2v) is 3.04. The van der Waals surface area contributed by atoms with Gasteiger partial charge < -0.3 is 4.57 Å². The van der Waals surface area contributed by atoms with Crippen LogP contribution in [0.15, 0.2) is 24.5 Å². The molecular weight excluding hydrogens is 225 g/mol. The number of alkyl halides is 1. The highest BCUT2D eigenvalue weighted by Gasteiger charge is 1.84. The number of rotatable bonds is 3. The van der Waals surface area contributed by atoms with Crippen molar-refractivity contribution in [3.8, 4) is 0 Å². The van der Waals surface area contributed by atoms with Crippen molar-refractivity contribution in [2.45, 2.75) is 13.0 Å². The van der Waals surface area contributed by atoms with Crippen molar-refractivity contribution in [1.82, 2.24) is 4.57 Å². The topological polar surface area (TPSA) is 4.93 Å². The molecule has 0 N–H and O–H groups in total. The van der Waals surface area contributed by atoms with Gasteiger partial charge in [-0.2, -0.15) is 0 Å². The van der Waals surface area contributed by atoms with Crippen LogP contribution in [0.4, 0.5) is 0 Å². The van der Waals surface area contributed by atoms with Crippen molar-refractivity contribution in [3.05, 3.63) is 24.5 Å². The Morgan fingerprint density at radius 3 is 2.44 bits per heavy atom. The van der Waals surface area contributed by atoms with Crippen LogP contribution in [0.1, 0.15) is 6.42 Å². The first-order valence-corrected chi connectivity index (χ1v) is 4.63. The molecule has 0 unspecified atom stereocenters. The molecule has 0 radical (unpaired) electrons. The number of hydrogen-bond donors (Lipinski definition) is 0. The van der Waals surface area contributed by atoms with Gasteiger partial charge in [0.25, 0.3) is 0 Å². The van der Waals surface area contributed by atoms with Crippen molar-refractivity contribution in [1.29, 1.82) is 0 Å². The fraction of sp³-hybridized carbons (Fsp3) is 0.429. The highest BCUT2D eigenvalue weighted by atomic mass is 127. The van der Waals surface area contributed by atoms with E-state index in [9.17, 15) is 0 Å². The third kappa shape index (κ3) is 2.39. The number of aromatic nitrogens is 1. The molecule has 0 spiro atoms. The van der Waals surface area contributed by atoms with E-state index in [4.69, 9.17) is 0 Å². The van der Waals surface area contributed by atoms with Gasteiger partial charge in [-0.05, 0) is 18.6 Å². The lowest BCUT2D eigenvalue weighted by molar-refractivity contribution is 0.693. The Labute approximate surface area is 69.2 Å². The molecule has 9 heavy (non-hydrogen) atoms. The van der Waals surface area contributed by atoms with Crippen LogP contribution >= 0.6 is 22.6 Å². The fourth-order valence-corrected chi connectivity index (χ4v) is 1.10. The Morgan fingerprint density at radius 2 is 1.89 bits per heavy atom. The van der Waals surface area contributed by atoms with E-state index in [2.05, 4.69) is 51.7 Å². The van der Waals surface area contributed by atoms with Crippen LogP contribution in [-0.4, -0.2) is 8.99 Å². The molecule has 50 valence electrons. The zero-order valence-corrected chi connectivity index (χ0v) is 7.41. The largest absolute Gasteiger partial charge is 0.354 e. The predicted molar refractivity (Wildman–Crippen MR) is 47.9 cm³/mol. The Morgan fingerprint density at radius 1 is 1.22 bits per heavy atom. The third-order valence-corrected chi connectivity index (χ3v) is 1.98. The summed E-state index contributed by atoms with van der Waals surface area (Å²) in [5, 5.41) is 0. The van der Waals surface area contributed by atoms with E-state index in [1.165, 1.54) is 10.8 Å². The van der Waals surface area contributed by atoms with E-state index in [1.807, 2.05) is 0 Å². The lowest BCUT2D eigenvalue weighted by Gasteiger charge is -1.97. The predicted octanol–water partition coefficient (Wildman–Crippen LogP) is 2.31. The summed E-state index contributed by atoms with van der Waals surface area (Å²) in [6, 6.07) is 4.13. The second-order valence-electron chi connectivity index (χ2n) is 1.96. The van der Waals surface area contributed by atoms with Gasteiger partial charge in [-0.15, -0.1) is 0 Å².